The van der Waals surface area contributed by atoms with Crippen LogP contribution in [0.25, 0.3) is 0 Å². The summed E-state index contributed by atoms with van der Waals surface area (Å²) in [5.41, 5.74) is 0. The number of thiol groups is 4. The van der Waals surface area contributed by atoms with Gasteiger partial charge in [0.1, 0.15) is 0 Å². The van der Waals surface area contributed by atoms with Crippen molar-refractivity contribution in [3.63, 3.8) is 0 Å². The predicted molar refractivity (Wildman–Crippen MR) is 72.0 cm³/mol. The maximum absolute atomic E-state index is 9.99. The quantitative estimate of drug-likeness (QED) is 0.231. The van der Waals surface area contributed by atoms with Crippen molar-refractivity contribution in [2.45, 2.75) is 34.8 Å². The molecule has 0 saturated heterocycles. The van der Waals surface area contributed by atoms with Crippen molar-refractivity contribution in [2.24, 2.45) is 0 Å². The molecule has 0 atom stereocenters. The molecule has 18 heavy (non-hydrogen) atoms. The normalized spacial score (nSPS) is 10.1. The Morgan fingerprint density at radius 2 is 1.00 bits per heavy atom. The maximum Gasteiger partial charge on any atom is 1.00 e. The van der Waals surface area contributed by atoms with Gasteiger partial charge in [0.25, 0.3) is 0 Å². The van der Waals surface area contributed by atoms with Crippen LogP contribution in [0, 0.1) is 0 Å². The van der Waals surface area contributed by atoms with Gasteiger partial charge in [-0.3, -0.25) is 0 Å². The van der Waals surface area contributed by atoms with E-state index in [2.05, 4.69) is 50.5 Å². The van der Waals surface area contributed by atoms with Crippen LogP contribution in [0.5, 0.6) is 0 Å². The molecule has 0 heterocycles. The molecule has 0 bridgehead atoms. The van der Waals surface area contributed by atoms with Gasteiger partial charge in [0.2, 0.25) is 0 Å². The largest absolute Gasteiger partial charge is 1.00 e. The summed E-state index contributed by atoms with van der Waals surface area (Å²) < 4.78 is -2.53. The standard InChI is InChI=1S/2C4H8O2S2.2Na/c2*1-2-4(7,8)3(5)6;;/h2*7-8H,2H2,1H3,(H,5,6);;/q;;2*+1/p-2. The molecule has 0 unspecified atom stereocenters. The van der Waals surface area contributed by atoms with E-state index in [0.717, 1.165) is 0 Å². The van der Waals surface area contributed by atoms with Gasteiger partial charge >= 0.3 is 59.1 Å². The number of rotatable bonds is 4. The number of carboxylic acid groups (broad SMARTS) is 2. The van der Waals surface area contributed by atoms with E-state index in [1.54, 1.807) is 13.8 Å². The van der Waals surface area contributed by atoms with Crippen LogP contribution in [0.15, 0.2) is 0 Å². The van der Waals surface area contributed by atoms with Gasteiger partial charge in [-0.15, -0.1) is 0 Å². The van der Waals surface area contributed by atoms with Crippen LogP contribution < -0.4 is 69.3 Å². The van der Waals surface area contributed by atoms with E-state index in [1.807, 2.05) is 0 Å². The zero-order valence-electron chi connectivity index (χ0n) is 10.8. The Kier molecular flexibility index (Phi) is 20.6. The van der Waals surface area contributed by atoms with Crippen LogP contribution in [0.1, 0.15) is 26.7 Å². The van der Waals surface area contributed by atoms with Gasteiger partial charge in [-0.1, -0.05) is 13.8 Å². The number of aliphatic carboxylic acids is 2. The number of hydrogen-bond donors (Lipinski definition) is 4. The van der Waals surface area contributed by atoms with Crippen LogP contribution in [-0.2, 0) is 9.59 Å². The molecule has 4 nitrogen and oxygen atoms in total. The second-order valence-corrected chi connectivity index (χ2v) is 6.67. The Morgan fingerprint density at radius 3 is 1.00 bits per heavy atom. The third-order valence-electron chi connectivity index (χ3n) is 1.64. The fraction of sp³-hybridized carbons (Fsp3) is 0.750. The van der Waals surface area contributed by atoms with E-state index in [4.69, 9.17) is 0 Å². The Hall–Kier alpha value is 2.34. The molecule has 96 valence electrons. The average molecular weight is 348 g/mol. The van der Waals surface area contributed by atoms with Crippen molar-refractivity contribution < 1.29 is 78.9 Å². The van der Waals surface area contributed by atoms with Crippen LogP contribution in [-0.4, -0.2) is 20.1 Å². The number of hydrogen-bond acceptors (Lipinski definition) is 8. The second-order valence-electron chi connectivity index (χ2n) is 2.92. The Labute approximate surface area is 174 Å². The molecule has 0 aromatic rings. The number of carboxylic acids is 2. The van der Waals surface area contributed by atoms with Gasteiger partial charge in [-0.2, -0.15) is 50.5 Å². The zero-order chi connectivity index (χ0) is 13.6. The molecular formula is C8H14Na2O4S4. The minimum atomic E-state index is -1.26. The van der Waals surface area contributed by atoms with E-state index in [9.17, 15) is 19.8 Å². The summed E-state index contributed by atoms with van der Waals surface area (Å²) >= 11 is 14.7. The molecule has 10 heteroatoms. The Morgan fingerprint density at radius 1 is 0.833 bits per heavy atom. The van der Waals surface area contributed by atoms with Crippen LogP contribution in [0.2, 0.25) is 0 Å². The smallest absolute Gasteiger partial charge is 0.548 e. The molecule has 0 amide bonds. The Balaban J connectivity index is -0.0000000980. The fourth-order valence-corrected chi connectivity index (χ4v) is 0.289. The Bertz CT molecular complexity index is 235. The average Bonchev–Trinajstić information content (AvgIpc) is 2.18. The molecule has 0 rings (SSSR count). The summed E-state index contributed by atoms with van der Waals surface area (Å²) in [6.45, 7) is 3.35. The first-order valence-electron chi connectivity index (χ1n) is 4.33. The molecule has 0 radical (unpaired) electrons. The van der Waals surface area contributed by atoms with Crippen LogP contribution in [0.4, 0.5) is 0 Å². The summed E-state index contributed by atoms with van der Waals surface area (Å²) in [5, 5.41) is 20.0. The first-order valence-corrected chi connectivity index (χ1v) is 6.12. The second kappa shape index (κ2) is 13.0. The third-order valence-corrected chi connectivity index (χ3v) is 3.64. The predicted octanol–water partition coefficient (Wildman–Crippen LogP) is -6.59. The summed E-state index contributed by atoms with van der Waals surface area (Å²) in [6.07, 6.45) is 0.698. The minimum Gasteiger partial charge on any atom is -0.548 e. The molecule has 0 spiro atoms. The van der Waals surface area contributed by atoms with Crippen LogP contribution in [0.3, 0.4) is 0 Å². The molecule has 0 saturated carbocycles. The molecule has 0 fully saturated rings. The summed E-state index contributed by atoms with van der Waals surface area (Å²) in [4.78, 5) is 20.0. The van der Waals surface area contributed by atoms with Crippen molar-refractivity contribution >= 4 is 62.5 Å². The van der Waals surface area contributed by atoms with Crippen molar-refractivity contribution in [1.29, 1.82) is 0 Å². The van der Waals surface area contributed by atoms with Crippen molar-refractivity contribution in [1.82, 2.24) is 0 Å². The molecule has 0 aromatic carbocycles. The van der Waals surface area contributed by atoms with Gasteiger partial charge in [0.15, 0.2) is 0 Å². The molecule has 0 N–H and O–H groups in total. The van der Waals surface area contributed by atoms with Crippen LogP contribution >= 0.6 is 50.5 Å². The van der Waals surface area contributed by atoms with Crippen molar-refractivity contribution in [3.05, 3.63) is 0 Å². The van der Waals surface area contributed by atoms with E-state index in [0.29, 0.717) is 12.8 Å². The first-order chi connectivity index (χ1) is 7.01. The van der Waals surface area contributed by atoms with Crippen molar-refractivity contribution in [3.8, 4) is 0 Å². The number of carbonyl (C=O) groups is 2. The van der Waals surface area contributed by atoms with Gasteiger partial charge in [0, 0.05) is 0 Å². The van der Waals surface area contributed by atoms with Gasteiger partial charge in [-0.25, -0.2) is 0 Å². The zero-order valence-corrected chi connectivity index (χ0v) is 18.4. The maximum atomic E-state index is 9.99. The SMILES string of the molecule is CCC(S)(S)C(=O)[O-].CCC(S)(S)C(=O)[O-].[Na+].[Na+]. The van der Waals surface area contributed by atoms with Gasteiger partial charge < -0.3 is 19.8 Å². The molecule has 0 aliphatic heterocycles. The van der Waals surface area contributed by atoms with Gasteiger partial charge in [-0.05, 0) is 12.8 Å². The van der Waals surface area contributed by atoms with E-state index >= 15 is 0 Å². The van der Waals surface area contributed by atoms with E-state index < -0.39 is 20.1 Å². The molecular weight excluding hydrogens is 334 g/mol. The monoisotopic (exact) mass is 348 g/mol. The molecule has 0 aliphatic carbocycles. The number of carbonyl (C=O) groups excluding carboxylic acids is 2. The van der Waals surface area contributed by atoms with E-state index in [1.165, 1.54) is 0 Å². The first kappa shape index (κ1) is 28.5. The van der Waals surface area contributed by atoms with E-state index in [-0.39, 0.29) is 59.1 Å². The minimum absolute atomic E-state index is 0. The summed E-state index contributed by atoms with van der Waals surface area (Å²) in [7, 11) is 0. The fourth-order valence-electron chi connectivity index (χ4n) is 0.289. The molecule has 0 aliphatic rings. The van der Waals surface area contributed by atoms with Gasteiger partial charge in [0.05, 0.1) is 20.1 Å². The summed E-state index contributed by atoms with van der Waals surface area (Å²) in [5.74, 6) is -2.49. The topological polar surface area (TPSA) is 80.3 Å². The third kappa shape index (κ3) is 13.3. The van der Waals surface area contributed by atoms with Crippen molar-refractivity contribution in [2.75, 3.05) is 0 Å². The summed E-state index contributed by atoms with van der Waals surface area (Å²) in [6, 6.07) is 0. The molecule has 0 aromatic heterocycles.